The molecule has 0 radical (unpaired) electrons. The molecular formula is C22H19ClN4O3S2. The molecule has 0 spiro atoms. The first-order valence-electron chi connectivity index (χ1n) is 9.91. The summed E-state index contributed by atoms with van der Waals surface area (Å²) in [6, 6.07) is 14.4. The maximum Gasteiger partial charge on any atom is 0.253 e. The molecule has 1 amide bonds. The number of hydrogen-bond acceptors (Lipinski definition) is 6. The van der Waals surface area contributed by atoms with Crippen LogP contribution in [0.2, 0.25) is 5.02 Å². The predicted molar refractivity (Wildman–Crippen MR) is 127 cm³/mol. The zero-order chi connectivity index (χ0) is 22.5. The minimum Gasteiger partial charge on any atom is -0.398 e. The van der Waals surface area contributed by atoms with Gasteiger partial charge in [0.15, 0.2) is 0 Å². The first kappa shape index (κ1) is 21.1. The number of hydrogen-bond donors (Lipinski definition) is 1. The number of carbonyl (C=O) groups is 1. The number of aromatic nitrogens is 1. The average molecular weight is 487 g/mol. The molecule has 7 nitrogen and oxygen atoms in total. The van der Waals surface area contributed by atoms with Gasteiger partial charge in [-0.2, -0.15) is 4.31 Å². The Morgan fingerprint density at radius 1 is 1.09 bits per heavy atom. The van der Waals surface area contributed by atoms with Crippen LogP contribution in [0.25, 0.3) is 21.0 Å². The van der Waals surface area contributed by atoms with E-state index in [9.17, 15) is 13.2 Å². The lowest BCUT2D eigenvalue weighted by Gasteiger charge is -2.33. The number of nitrogens with zero attached hydrogens (tertiary/aromatic N) is 3. The van der Waals surface area contributed by atoms with Crippen LogP contribution in [-0.4, -0.2) is 48.1 Å². The van der Waals surface area contributed by atoms with Gasteiger partial charge in [-0.1, -0.05) is 29.8 Å². The van der Waals surface area contributed by atoms with Crippen LogP contribution in [0.3, 0.4) is 0 Å². The molecular weight excluding hydrogens is 468 g/mol. The highest BCUT2D eigenvalue weighted by Crippen LogP contribution is 2.33. The van der Waals surface area contributed by atoms with E-state index in [4.69, 9.17) is 17.3 Å². The predicted octanol–water partition coefficient (Wildman–Crippen LogP) is 3.72. The maximum atomic E-state index is 13.1. The molecule has 10 heteroatoms. The second-order valence-electron chi connectivity index (χ2n) is 7.65. The molecule has 1 fully saturated rings. The molecule has 3 heterocycles. The minimum absolute atomic E-state index is 0.184. The molecule has 0 atom stereocenters. The van der Waals surface area contributed by atoms with E-state index in [1.54, 1.807) is 41.4 Å². The van der Waals surface area contributed by atoms with Gasteiger partial charge in [0.1, 0.15) is 4.21 Å². The van der Waals surface area contributed by atoms with Gasteiger partial charge in [0.05, 0.1) is 12.1 Å². The van der Waals surface area contributed by atoms with Crippen molar-refractivity contribution in [3.05, 3.63) is 65.3 Å². The fraction of sp³-hybridized carbons (Fsp3) is 0.182. The summed E-state index contributed by atoms with van der Waals surface area (Å²) in [4.78, 5) is 18.8. The molecule has 0 saturated carbocycles. The van der Waals surface area contributed by atoms with Crippen molar-refractivity contribution >= 4 is 65.5 Å². The van der Waals surface area contributed by atoms with Gasteiger partial charge in [0.2, 0.25) is 5.91 Å². The van der Waals surface area contributed by atoms with Crippen LogP contribution in [0, 0.1) is 0 Å². The Labute approximate surface area is 194 Å². The smallest absolute Gasteiger partial charge is 0.253 e. The van der Waals surface area contributed by atoms with Crippen molar-refractivity contribution in [3.8, 4) is 0 Å². The average Bonchev–Trinajstić information content (AvgIpc) is 3.19. The highest BCUT2D eigenvalue weighted by molar-refractivity contribution is 7.91. The standard InChI is InChI=1S/C22H19ClN4O3S2/c23-16-3-2-15-10-22(31-20(15)11-16)32(29,30)27-8-7-26(21(28)13-27)12-14-1-4-17-18(24)5-6-25-19(17)9-14/h1-6,9-11H,7-8,12-13H2,(H2,24,25). The van der Waals surface area contributed by atoms with Crippen molar-refractivity contribution < 1.29 is 13.2 Å². The van der Waals surface area contributed by atoms with E-state index in [0.29, 0.717) is 23.8 Å². The second-order valence-corrected chi connectivity index (χ2v) is 11.3. The van der Waals surface area contributed by atoms with Gasteiger partial charge < -0.3 is 10.6 Å². The third kappa shape index (κ3) is 3.81. The number of halogens is 1. The van der Waals surface area contributed by atoms with Gasteiger partial charge in [-0.05, 0) is 41.3 Å². The quantitative estimate of drug-likeness (QED) is 0.474. The van der Waals surface area contributed by atoms with E-state index >= 15 is 0 Å². The fourth-order valence-corrected chi connectivity index (χ4v) is 7.04. The maximum absolute atomic E-state index is 13.1. The Morgan fingerprint density at radius 3 is 2.75 bits per heavy atom. The van der Waals surface area contributed by atoms with Gasteiger partial charge >= 0.3 is 0 Å². The first-order chi connectivity index (χ1) is 15.3. The molecule has 1 aliphatic rings. The SMILES string of the molecule is Nc1ccnc2cc(CN3CCN(S(=O)(=O)c4cc5ccc(Cl)cc5s4)CC3=O)ccc12. The number of nitrogens with two attached hydrogens (primary N) is 1. The lowest BCUT2D eigenvalue weighted by molar-refractivity contribution is -0.134. The van der Waals surface area contributed by atoms with Gasteiger partial charge in [-0.25, -0.2) is 8.42 Å². The number of nitrogen functional groups attached to an aromatic ring is 1. The molecule has 5 rings (SSSR count). The van der Waals surface area contributed by atoms with Crippen molar-refractivity contribution in [1.29, 1.82) is 0 Å². The molecule has 2 aromatic heterocycles. The summed E-state index contributed by atoms with van der Waals surface area (Å²) in [5.74, 6) is -0.232. The molecule has 4 aromatic rings. The summed E-state index contributed by atoms with van der Waals surface area (Å²) >= 11 is 7.18. The highest BCUT2D eigenvalue weighted by atomic mass is 35.5. The number of piperazine rings is 1. The summed E-state index contributed by atoms with van der Waals surface area (Å²) in [7, 11) is -3.76. The summed E-state index contributed by atoms with van der Waals surface area (Å²) in [5.41, 5.74) is 8.31. The van der Waals surface area contributed by atoms with Crippen molar-refractivity contribution in [2.75, 3.05) is 25.4 Å². The van der Waals surface area contributed by atoms with Gasteiger partial charge in [0, 0.05) is 46.6 Å². The van der Waals surface area contributed by atoms with E-state index in [-0.39, 0.29) is 23.2 Å². The molecule has 164 valence electrons. The summed E-state index contributed by atoms with van der Waals surface area (Å²) in [5, 5.41) is 2.23. The van der Waals surface area contributed by atoms with Crippen LogP contribution in [-0.2, 0) is 21.4 Å². The van der Waals surface area contributed by atoms with E-state index in [2.05, 4.69) is 4.98 Å². The van der Waals surface area contributed by atoms with Gasteiger partial charge in [-0.3, -0.25) is 9.78 Å². The van der Waals surface area contributed by atoms with Gasteiger partial charge in [-0.15, -0.1) is 11.3 Å². The lowest BCUT2D eigenvalue weighted by atomic mass is 10.1. The summed E-state index contributed by atoms with van der Waals surface area (Å²) in [6.45, 7) is 0.760. The Bertz CT molecular complexity index is 1470. The molecule has 0 aliphatic carbocycles. The Hall–Kier alpha value is -2.72. The summed E-state index contributed by atoms with van der Waals surface area (Å²) < 4.78 is 28.6. The molecule has 0 unspecified atom stereocenters. The van der Waals surface area contributed by atoms with Crippen molar-refractivity contribution in [3.63, 3.8) is 0 Å². The van der Waals surface area contributed by atoms with Crippen LogP contribution in [0.5, 0.6) is 0 Å². The number of thiophene rings is 1. The number of fused-ring (bicyclic) bond motifs is 2. The van der Waals surface area contributed by atoms with Crippen molar-refractivity contribution in [2.24, 2.45) is 0 Å². The van der Waals surface area contributed by atoms with E-state index in [1.807, 2.05) is 18.2 Å². The number of carbonyl (C=O) groups excluding carboxylic acids is 1. The number of amides is 1. The Kier molecular flexibility index (Phi) is 5.29. The van der Waals surface area contributed by atoms with E-state index in [1.165, 1.54) is 4.31 Å². The number of rotatable bonds is 4. The number of sulfonamides is 1. The molecule has 1 aliphatic heterocycles. The highest BCUT2D eigenvalue weighted by Gasteiger charge is 2.34. The first-order valence-corrected chi connectivity index (χ1v) is 12.5. The van der Waals surface area contributed by atoms with Crippen LogP contribution >= 0.6 is 22.9 Å². The topological polar surface area (TPSA) is 96.6 Å². The number of anilines is 1. The largest absolute Gasteiger partial charge is 0.398 e. The number of pyridine rings is 1. The molecule has 32 heavy (non-hydrogen) atoms. The molecule has 2 N–H and O–H groups in total. The van der Waals surface area contributed by atoms with Crippen molar-refractivity contribution in [1.82, 2.24) is 14.2 Å². The number of benzene rings is 2. The molecule has 0 bridgehead atoms. The lowest BCUT2D eigenvalue weighted by Crippen LogP contribution is -2.51. The third-order valence-corrected chi connectivity index (χ3v) is 9.18. The zero-order valence-corrected chi connectivity index (χ0v) is 19.3. The third-order valence-electron chi connectivity index (χ3n) is 5.55. The molecule has 2 aromatic carbocycles. The van der Waals surface area contributed by atoms with Crippen LogP contribution in [0.15, 0.2) is 58.9 Å². The normalized spacial score (nSPS) is 15.7. The Morgan fingerprint density at radius 2 is 1.94 bits per heavy atom. The zero-order valence-electron chi connectivity index (χ0n) is 16.9. The fourth-order valence-electron chi connectivity index (χ4n) is 3.83. The monoisotopic (exact) mass is 486 g/mol. The Balaban J connectivity index is 1.32. The van der Waals surface area contributed by atoms with Gasteiger partial charge in [0.25, 0.3) is 10.0 Å². The molecule has 1 saturated heterocycles. The van der Waals surface area contributed by atoms with E-state index in [0.717, 1.165) is 37.9 Å². The van der Waals surface area contributed by atoms with E-state index < -0.39 is 10.0 Å². The van der Waals surface area contributed by atoms with Crippen LogP contribution in [0.4, 0.5) is 5.69 Å². The summed E-state index contributed by atoms with van der Waals surface area (Å²) in [6.07, 6.45) is 1.65. The van der Waals surface area contributed by atoms with Crippen molar-refractivity contribution in [2.45, 2.75) is 10.8 Å². The van der Waals surface area contributed by atoms with Crippen LogP contribution in [0.1, 0.15) is 5.56 Å². The second kappa shape index (κ2) is 8.00. The minimum atomic E-state index is -3.76. The van der Waals surface area contributed by atoms with Crippen LogP contribution < -0.4 is 5.73 Å².